The molecule has 3 aromatic heterocycles. The Morgan fingerprint density at radius 3 is 2.55 bits per heavy atom. The molecule has 0 aliphatic heterocycles. The normalized spacial score (nSPS) is 11.9. The molecule has 6 rings (SSSR count). The Balaban J connectivity index is 1.27. The number of nitrogens with zero attached hydrogens (tertiary/aromatic N) is 2. The lowest BCUT2D eigenvalue weighted by atomic mass is 10.0. The fourth-order valence-corrected chi connectivity index (χ4v) is 4.51. The van der Waals surface area contributed by atoms with Crippen LogP contribution in [-0.2, 0) is 0 Å². The van der Waals surface area contributed by atoms with Gasteiger partial charge in [-0.1, -0.05) is 12.1 Å². The summed E-state index contributed by atoms with van der Waals surface area (Å²) < 4.78 is 40.1. The molecule has 1 unspecified atom stereocenters. The summed E-state index contributed by atoms with van der Waals surface area (Å²) in [4.78, 5) is 25.2. The van der Waals surface area contributed by atoms with E-state index in [0.717, 1.165) is 0 Å². The predicted octanol–water partition coefficient (Wildman–Crippen LogP) is 6.71. The van der Waals surface area contributed by atoms with E-state index in [1.165, 1.54) is 42.6 Å². The topological polar surface area (TPSA) is 109 Å². The van der Waals surface area contributed by atoms with Crippen molar-refractivity contribution in [2.45, 2.75) is 13.0 Å². The lowest BCUT2D eigenvalue weighted by Gasteiger charge is -2.13. The molecule has 8 nitrogen and oxygen atoms in total. The van der Waals surface area contributed by atoms with Crippen LogP contribution < -0.4 is 20.2 Å². The van der Waals surface area contributed by atoms with Crippen LogP contribution in [0.25, 0.3) is 32.9 Å². The van der Waals surface area contributed by atoms with Gasteiger partial charge in [-0.15, -0.1) is 0 Å². The Bertz CT molecular complexity index is 1980. The molecule has 0 radical (unpaired) electrons. The minimum atomic E-state index is -0.636. The van der Waals surface area contributed by atoms with Crippen LogP contribution in [0.1, 0.15) is 6.92 Å². The summed E-state index contributed by atoms with van der Waals surface area (Å²) in [5.41, 5.74) is 2.06. The molecule has 3 aromatic carbocycles. The number of ether oxygens (including phenoxy) is 2. The zero-order chi connectivity index (χ0) is 29.2. The minimum absolute atomic E-state index is 0.00944. The van der Waals surface area contributed by atoms with Gasteiger partial charge in [0.05, 0.1) is 22.5 Å². The molecule has 0 amide bonds. The van der Waals surface area contributed by atoms with Crippen molar-refractivity contribution in [2.75, 3.05) is 11.9 Å². The quantitative estimate of drug-likeness (QED) is 0.188. The van der Waals surface area contributed by atoms with Crippen LogP contribution >= 0.6 is 0 Å². The molecule has 0 spiro atoms. The standard InChI is InChI=1S/C32H24F2N4O4/c1-18(39)17-41-22-7-8-23-27(15-22)35-13-11-28(23)42-29-9-6-21(14-25(29)34)38-32-30-26(10-12-36-32)37-16-24(31(30)40)19-2-4-20(33)5-3-19/h2-16,18,39H,17H2,1H3,(H,36,38)(H,37,40). The van der Waals surface area contributed by atoms with E-state index in [0.29, 0.717) is 44.7 Å². The molecule has 10 heteroatoms. The first kappa shape index (κ1) is 26.9. The van der Waals surface area contributed by atoms with Crippen molar-refractivity contribution in [1.29, 1.82) is 0 Å². The first-order valence-electron chi connectivity index (χ1n) is 13.1. The molecule has 0 saturated heterocycles. The lowest BCUT2D eigenvalue weighted by Crippen LogP contribution is -2.12. The maximum absolute atomic E-state index is 15.2. The van der Waals surface area contributed by atoms with Gasteiger partial charge in [-0.3, -0.25) is 9.78 Å². The number of H-pyrrole nitrogens is 1. The number of aliphatic hydroxyl groups is 1. The number of anilines is 2. The summed E-state index contributed by atoms with van der Waals surface area (Å²) in [6.07, 6.45) is 4.04. The highest BCUT2D eigenvalue weighted by atomic mass is 19.1. The van der Waals surface area contributed by atoms with Gasteiger partial charge >= 0.3 is 0 Å². The molecule has 6 aromatic rings. The molecule has 3 N–H and O–H groups in total. The van der Waals surface area contributed by atoms with Crippen molar-refractivity contribution >= 4 is 33.3 Å². The third-order valence-electron chi connectivity index (χ3n) is 6.53. The number of rotatable bonds is 8. The van der Waals surface area contributed by atoms with Crippen molar-refractivity contribution in [3.8, 4) is 28.4 Å². The number of fused-ring (bicyclic) bond motifs is 2. The number of aromatic nitrogens is 3. The molecule has 0 aliphatic rings. The maximum atomic E-state index is 15.2. The molecule has 0 saturated carbocycles. The van der Waals surface area contributed by atoms with E-state index in [9.17, 15) is 14.3 Å². The van der Waals surface area contributed by atoms with Crippen molar-refractivity contribution in [1.82, 2.24) is 15.0 Å². The van der Waals surface area contributed by atoms with Crippen LogP contribution in [0, 0.1) is 11.6 Å². The molecule has 210 valence electrons. The maximum Gasteiger partial charge on any atom is 0.200 e. The van der Waals surface area contributed by atoms with Gasteiger partial charge in [0.2, 0.25) is 5.43 Å². The summed E-state index contributed by atoms with van der Waals surface area (Å²) in [6, 6.07) is 18.5. The van der Waals surface area contributed by atoms with Gasteiger partial charge < -0.3 is 24.9 Å². The van der Waals surface area contributed by atoms with E-state index < -0.39 is 17.7 Å². The first-order chi connectivity index (χ1) is 20.4. The lowest BCUT2D eigenvalue weighted by molar-refractivity contribution is 0.123. The predicted molar refractivity (Wildman–Crippen MR) is 156 cm³/mol. The summed E-state index contributed by atoms with van der Waals surface area (Å²) in [5, 5.41) is 13.4. The summed E-state index contributed by atoms with van der Waals surface area (Å²) in [5.74, 6) is 0.129. The number of pyridine rings is 3. The van der Waals surface area contributed by atoms with E-state index in [-0.39, 0.29) is 29.0 Å². The Hall–Kier alpha value is -5.35. The van der Waals surface area contributed by atoms with Crippen LogP contribution in [0.4, 0.5) is 20.3 Å². The molecular formula is C32H24F2N4O4. The van der Waals surface area contributed by atoms with Crippen LogP contribution in [0.5, 0.6) is 17.2 Å². The van der Waals surface area contributed by atoms with Crippen LogP contribution in [-0.4, -0.2) is 32.8 Å². The van der Waals surface area contributed by atoms with Crippen molar-refractivity contribution < 1.29 is 23.4 Å². The van der Waals surface area contributed by atoms with Gasteiger partial charge in [0.1, 0.15) is 29.7 Å². The smallest absolute Gasteiger partial charge is 0.200 e. The number of hydrogen-bond acceptors (Lipinski definition) is 7. The van der Waals surface area contributed by atoms with Crippen molar-refractivity contribution in [3.63, 3.8) is 0 Å². The number of aliphatic hydroxyl groups excluding tert-OH is 1. The third-order valence-corrected chi connectivity index (χ3v) is 6.53. The average Bonchev–Trinajstić information content (AvgIpc) is 2.98. The van der Waals surface area contributed by atoms with E-state index >= 15 is 4.39 Å². The summed E-state index contributed by atoms with van der Waals surface area (Å²) in [6.45, 7) is 1.77. The fourth-order valence-electron chi connectivity index (χ4n) is 4.51. The number of halogens is 2. The van der Waals surface area contributed by atoms with E-state index in [4.69, 9.17) is 9.47 Å². The van der Waals surface area contributed by atoms with E-state index in [1.807, 2.05) is 0 Å². The largest absolute Gasteiger partial charge is 0.491 e. The van der Waals surface area contributed by atoms with Crippen LogP contribution in [0.15, 0.2) is 96.2 Å². The van der Waals surface area contributed by atoms with Gasteiger partial charge in [-0.05, 0) is 61.0 Å². The second-order valence-electron chi connectivity index (χ2n) is 9.64. The summed E-state index contributed by atoms with van der Waals surface area (Å²) in [7, 11) is 0. The van der Waals surface area contributed by atoms with Crippen LogP contribution in [0.2, 0.25) is 0 Å². The molecular weight excluding hydrogens is 542 g/mol. The average molecular weight is 567 g/mol. The minimum Gasteiger partial charge on any atom is -0.491 e. The molecule has 0 aliphatic carbocycles. The molecule has 42 heavy (non-hydrogen) atoms. The Morgan fingerprint density at radius 1 is 0.952 bits per heavy atom. The van der Waals surface area contributed by atoms with Crippen molar-refractivity contribution in [2.24, 2.45) is 0 Å². The first-order valence-corrected chi connectivity index (χ1v) is 13.1. The highest BCUT2D eigenvalue weighted by Crippen LogP contribution is 2.33. The zero-order valence-corrected chi connectivity index (χ0v) is 22.3. The number of hydrogen-bond donors (Lipinski definition) is 3. The monoisotopic (exact) mass is 566 g/mol. The molecule has 0 bridgehead atoms. The molecule has 3 heterocycles. The van der Waals surface area contributed by atoms with Gasteiger partial charge in [0.25, 0.3) is 0 Å². The summed E-state index contributed by atoms with van der Waals surface area (Å²) >= 11 is 0. The molecule has 1 atom stereocenters. The SMILES string of the molecule is CC(O)COc1ccc2c(Oc3ccc(Nc4nccc5[nH]cc(-c6ccc(F)cc6)c(=O)c45)cc3F)ccnc2c1. The Kier molecular flexibility index (Phi) is 7.20. The number of aromatic amines is 1. The number of benzene rings is 3. The second kappa shape index (κ2) is 11.3. The Labute approximate surface area is 238 Å². The van der Waals surface area contributed by atoms with Gasteiger partial charge in [0.15, 0.2) is 11.6 Å². The fraction of sp³-hybridized carbons (Fsp3) is 0.0938. The third kappa shape index (κ3) is 5.48. The van der Waals surface area contributed by atoms with Gasteiger partial charge in [0, 0.05) is 47.4 Å². The Morgan fingerprint density at radius 2 is 1.76 bits per heavy atom. The number of nitrogens with one attached hydrogen (secondary N) is 2. The zero-order valence-electron chi connectivity index (χ0n) is 22.3. The van der Waals surface area contributed by atoms with E-state index in [2.05, 4.69) is 20.3 Å². The molecule has 0 fully saturated rings. The van der Waals surface area contributed by atoms with Crippen LogP contribution in [0.3, 0.4) is 0 Å². The van der Waals surface area contributed by atoms with E-state index in [1.54, 1.807) is 55.7 Å². The van der Waals surface area contributed by atoms with Gasteiger partial charge in [-0.2, -0.15) is 0 Å². The van der Waals surface area contributed by atoms with Gasteiger partial charge in [-0.25, -0.2) is 13.8 Å². The highest BCUT2D eigenvalue weighted by Gasteiger charge is 2.15. The second-order valence-corrected chi connectivity index (χ2v) is 9.64. The van der Waals surface area contributed by atoms with Crippen molar-refractivity contribution in [3.05, 3.63) is 113 Å². The highest BCUT2D eigenvalue weighted by molar-refractivity contribution is 5.93.